The van der Waals surface area contributed by atoms with Crippen molar-refractivity contribution in [2.45, 2.75) is 105 Å². The smallest absolute Gasteiger partial charge is 0.303 e. The minimum absolute atomic E-state index is 0.0286. The Labute approximate surface area is 187 Å². The molecule has 4 rings (SSSR count). The van der Waals surface area contributed by atoms with Crippen LogP contribution in [0.25, 0.3) is 0 Å². The summed E-state index contributed by atoms with van der Waals surface area (Å²) in [6, 6.07) is 0. The number of rotatable bonds is 7. The molecule has 6 nitrogen and oxygen atoms in total. The van der Waals surface area contributed by atoms with Gasteiger partial charge < -0.3 is 24.1 Å². The first kappa shape index (κ1) is 24.4. The first-order valence-corrected chi connectivity index (χ1v) is 11.7. The molecule has 0 amide bonds. The molecular weight excluding hydrogens is 396 g/mol. The molecule has 4 heterocycles. The van der Waals surface area contributed by atoms with E-state index in [9.17, 15) is 9.90 Å². The second-order valence-corrected chi connectivity index (χ2v) is 9.79. The van der Waals surface area contributed by atoms with Crippen LogP contribution in [0.2, 0.25) is 0 Å². The van der Waals surface area contributed by atoms with Gasteiger partial charge in [0.15, 0.2) is 17.4 Å². The first-order chi connectivity index (χ1) is 14.4. The molecule has 4 saturated heterocycles. The Morgan fingerprint density at radius 1 is 1.13 bits per heavy atom. The molecule has 176 valence electrons. The van der Waals surface area contributed by atoms with Crippen LogP contribution in [0.3, 0.4) is 0 Å². The molecular formula is C25H40O6. The van der Waals surface area contributed by atoms with Crippen LogP contribution in [0.5, 0.6) is 0 Å². The maximum absolute atomic E-state index is 12.0. The molecule has 4 aliphatic rings. The normalized spacial score (nSPS) is 44.3. The van der Waals surface area contributed by atoms with Gasteiger partial charge in [-0.2, -0.15) is 0 Å². The summed E-state index contributed by atoms with van der Waals surface area (Å²) in [5.74, 6) is -4.84. The van der Waals surface area contributed by atoms with Crippen molar-refractivity contribution in [3.8, 4) is 0 Å². The summed E-state index contributed by atoms with van der Waals surface area (Å²) >= 11 is 0. The largest absolute Gasteiger partial charge is 0.458 e. The summed E-state index contributed by atoms with van der Waals surface area (Å²) in [6.07, 6.45) is 4.93. The molecule has 4 aliphatic heterocycles. The Bertz CT molecular complexity index is 764. The zero-order valence-corrected chi connectivity index (χ0v) is 20.5. The quantitative estimate of drug-likeness (QED) is 0.460. The number of allylic oxidation sites excluding steroid dienone is 3. The Morgan fingerprint density at radius 3 is 2.32 bits per heavy atom. The molecule has 0 saturated carbocycles. The third kappa shape index (κ3) is 3.60. The number of esters is 1. The fourth-order valence-corrected chi connectivity index (χ4v) is 6.03. The first-order valence-electron chi connectivity index (χ1n) is 11.7. The fraction of sp³-hybridized carbons (Fsp3) is 0.800. The molecule has 9 atom stereocenters. The Kier molecular flexibility index (Phi) is 6.53. The third-order valence-corrected chi connectivity index (χ3v) is 7.85. The second-order valence-electron chi connectivity index (χ2n) is 9.79. The number of ether oxygens (including phenoxy) is 4. The van der Waals surface area contributed by atoms with Crippen LogP contribution in [-0.2, 0) is 23.7 Å². The number of carbonyl (C=O) groups is 1. The van der Waals surface area contributed by atoms with E-state index < -0.39 is 29.4 Å². The predicted octanol–water partition coefficient (Wildman–Crippen LogP) is 4.72. The molecule has 0 radical (unpaired) electrons. The van der Waals surface area contributed by atoms with Crippen LogP contribution in [-0.4, -0.2) is 40.6 Å². The van der Waals surface area contributed by atoms with Gasteiger partial charge in [0.2, 0.25) is 0 Å². The van der Waals surface area contributed by atoms with E-state index in [1.165, 1.54) is 6.92 Å². The van der Waals surface area contributed by atoms with Gasteiger partial charge in [-0.15, -0.1) is 0 Å². The lowest BCUT2D eigenvalue weighted by atomic mass is 9.64. The highest BCUT2D eigenvalue weighted by Crippen LogP contribution is 2.64. The van der Waals surface area contributed by atoms with Crippen molar-refractivity contribution < 1.29 is 28.8 Å². The van der Waals surface area contributed by atoms with Crippen molar-refractivity contribution in [2.24, 2.45) is 23.7 Å². The summed E-state index contributed by atoms with van der Waals surface area (Å²) in [4.78, 5) is 12.0. The van der Waals surface area contributed by atoms with Gasteiger partial charge in [0, 0.05) is 18.8 Å². The van der Waals surface area contributed by atoms with Crippen molar-refractivity contribution in [3.63, 3.8) is 0 Å². The van der Waals surface area contributed by atoms with Crippen LogP contribution in [0.15, 0.2) is 23.3 Å². The van der Waals surface area contributed by atoms with Crippen LogP contribution in [0.4, 0.5) is 0 Å². The zero-order chi connectivity index (χ0) is 23.4. The van der Waals surface area contributed by atoms with Crippen LogP contribution < -0.4 is 0 Å². The van der Waals surface area contributed by atoms with Crippen molar-refractivity contribution in [1.82, 2.24) is 0 Å². The summed E-state index contributed by atoms with van der Waals surface area (Å²) in [5.41, 5.74) is 2.03. The average molecular weight is 437 g/mol. The highest BCUT2D eigenvalue weighted by molar-refractivity contribution is 5.66. The summed E-state index contributed by atoms with van der Waals surface area (Å²) in [6.45, 7) is 17.4. The highest BCUT2D eigenvalue weighted by atomic mass is 16.9. The van der Waals surface area contributed by atoms with Crippen molar-refractivity contribution in [3.05, 3.63) is 23.3 Å². The summed E-state index contributed by atoms with van der Waals surface area (Å²) in [7, 11) is 0. The van der Waals surface area contributed by atoms with E-state index in [0.29, 0.717) is 6.42 Å². The monoisotopic (exact) mass is 436 g/mol. The molecule has 0 aromatic rings. The van der Waals surface area contributed by atoms with Gasteiger partial charge >= 0.3 is 5.97 Å². The van der Waals surface area contributed by atoms with E-state index in [2.05, 4.69) is 19.9 Å². The third-order valence-electron chi connectivity index (χ3n) is 7.85. The fourth-order valence-electron chi connectivity index (χ4n) is 6.03. The Morgan fingerprint density at radius 2 is 1.77 bits per heavy atom. The van der Waals surface area contributed by atoms with Crippen LogP contribution in [0.1, 0.15) is 75.2 Å². The van der Waals surface area contributed by atoms with Gasteiger partial charge in [0.05, 0.1) is 17.9 Å². The molecule has 4 fully saturated rings. The second kappa shape index (κ2) is 8.29. The molecule has 31 heavy (non-hydrogen) atoms. The van der Waals surface area contributed by atoms with Crippen LogP contribution >= 0.6 is 0 Å². The summed E-state index contributed by atoms with van der Waals surface area (Å²) < 4.78 is 25.5. The number of hydrogen-bond acceptors (Lipinski definition) is 6. The van der Waals surface area contributed by atoms with Gasteiger partial charge in [-0.3, -0.25) is 4.79 Å². The van der Waals surface area contributed by atoms with Crippen LogP contribution in [0, 0.1) is 23.7 Å². The number of hydrogen-bond donors (Lipinski definition) is 1. The molecule has 0 aromatic heterocycles. The lowest BCUT2D eigenvalue weighted by Crippen LogP contribution is -2.83. The molecule has 0 aliphatic carbocycles. The van der Waals surface area contributed by atoms with E-state index in [4.69, 9.17) is 18.9 Å². The number of carbonyl (C=O) groups excluding carboxylic acids is 1. The Hall–Kier alpha value is -1.21. The lowest BCUT2D eigenvalue weighted by molar-refractivity contribution is -0.593. The van der Waals surface area contributed by atoms with Crippen molar-refractivity contribution >= 4 is 5.97 Å². The lowest BCUT2D eigenvalue weighted by Gasteiger charge is -2.72. The average Bonchev–Trinajstić information content (AvgIpc) is 2.70. The topological polar surface area (TPSA) is 74.2 Å². The zero-order valence-electron chi connectivity index (χ0n) is 20.5. The highest BCUT2D eigenvalue weighted by Gasteiger charge is 2.77. The predicted molar refractivity (Wildman–Crippen MR) is 118 cm³/mol. The van der Waals surface area contributed by atoms with Gasteiger partial charge in [-0.1, -0.05) is 59.3 Å². The van der Waals surface area contributed by atoms with Crippen molar-refractivity contribution in [1.29, 1.82) is 0 Å². The molecule has 0 spiro atoms. The maximum atomic E-state index is 12.0. The van der Waals surface area contributed by atoms with Gasteiger partial charge in [-0.05, 0) is 32.3 Å². The van der Waals surface area contributed by atoms with Crippen molar-refractivity contribution in [2.75, 3.05) is 0 Å². The minimum atomic E-state index is -1.37. The molecule has 4 bridgehead atoms. The molecule has 6 heteroatoms. The van der Waals surface area contributed by atoms with E-state index >= 15 is 0 Å². The molecule has 1 N–H and O–H groups in total. The van der Waals surface area contributed by atoms with E-state index in [-0.39, 0.29) is 29.8 Å². The number of aliphatic hydroxyl groups is 1. The van der Waals surface area contributed by atoms with E-state index in [1.807, 2.05) is 47.6 Å². The molecule has 0 aromatic carbocycles. The van der Waals surface area contributed by atoms with Gasteiger partial charge in [0.25, 0.3) is 0 Å². The minimum Gasteiger partial charge on any atom is -0.458 e. The van der Waals surface area contributed by atoms with E-state index in [1.54, 1.807) is 0 Å². The maximum Gasteiger partial charge on any atom is 0.303 e. The molecule has 1 unspecified atom stereocenters. The summed E-state index contributed by atoms with van der Waals surface area (Å²) in [5, 5.41) is 11.7. The standard InChI is InChI=1S/C25H40O6/c1-10-12-14(3)13-15(4)21(28-20(9)26)18(7)25-19(8)24(27)17(6)22(29-25)16(5)23(11-2,30-24)31-25/h12-13,16-19,21-22,27H,10-11H2,1-9H3/b14-12+,15-13+/t16-,17?,18-,19-,21-,22-,23-,24-,25-/m1/s1. The van der Waals surface area contributed by atoms with Gasteiger partial charge in [0.1, 0.15) is 6.10 Å². The Balaban J connectivity index is 2.07. The van der Waals surface area contributed by atoms with E-state index in [0.717, 1.165) is 17.6 Å². The SMILES string of the molecule is CC/C=C(C)/C=C(\C)[C@@H](OC(C)=O)[C@@H](C)[C@@]12O[C@H]3C(C)[C@@](O)(O[C@](CC)(O1)[C@@H]3C)[C@H]2C. The van der Waals surface area contributed by atoms with Gasteiger partial charge in [-0.25, -0.2) is 0 Å².